The number of fused-ring (bicyclic) bond motifs is 1. The van der Waals surface area contributed by atoms with Gasteiger partial charge in [0.1, 0.15) is 5.75 Å². The highest BCUT2D eigenvalue weighted by molar-refractivity contribution is 6.00. The van der Waals surface area contributed by atoms with Crippen molar-refractivity contribution in [2.24, 2.45) is 5.92 Å². The molecule has 0 radical (unpaired) electrons. The molecule has 4 rings (SSSR count). The van der Waals surface area contributed by atoms with Crippen LogP contribution in [0.3, 0.4) is 0 Å². The summed E-state index contributed by atoms with van der Waals surface area (Å²) in [5.74, 6) is 2.52. The molecule has 1 aliphatic carbocycles. The first-order chi connectivity index (χ1) is 13.2. The zero-order valence-corrected chi connectivity index (χ0v) is 16.7. The van der Waals surface area contributed by atoms with Gasteiger partial charge in [0, 0.05) is 25.1 Å². The Hall–Kier alpha value is -2.03. The number of benzene rings is 1. The van der Waals surface area contributed by atoms with Crippen LogP contribution in [0.5, 0.6) is 5.75 Å². The number of nitrogens with zero attached hydrogens (tertiary/aromatic N) is 1. The Morgan fingerprint density at radius 3 is 2.96 bits per heavy atom. The van der Waals surface area contributed by atoms with Crippen LogP contribution in [0.15, 0.2) is 41.5 Å². The van der Waals surface area contributed by atoms with Gasteiger partial charge in [0.05, 0.1) is 6.61 Å². The molecule has 2 aliphatic heterocycles. The van der Waals surface area contributed by atoms with Gasteiger partial charge in [0.25, 0.3) is 5.91 Å². The highest BCUT2D eigenvalue weighted by Crippen LogP contribution is 2.34. The molecule has 0 saturated carbocycles. The van der Waals surface area contributed by atoms with E-state index in [1.54, 1.807) is 0 Å². The molecule has 0 N–H and O–H groups in total. The lowest BCUT2D eigenvalue weighted by Gasteiger charge is -2.23. The Bertz CT molecular complexity index is 777. The topological polar surface area (TPSA) is 29.5 Å². The minimum atomic E-state index is 0.249. The van der Waals surface area contributed by atoms with Crippen LogP contribution in [0.2, 0.25) is 0 Å². The first-order valence-corrected chi connectivity index (χ1v) is 10.6. The van der Waals surface area contributed by atoms with E-state index in [1.165, 1.54) is 23.1 Å². The standard InChI is InChI=1S/C24H31NO2/c1-3-18(19-8-9-23-20(15-19)11-13-27-23)14-17(2)10-12-25-16-21-6-4-5-7-22(21)24(25)26/h5,7-9,15,17-18H,3-4,6,10-14,16H2,1-2H3. The fourth-order valence-electron chi connectivity index (χ4n) is 4.73. The Morgan fingerprint density at radius 1 is 1.26 bits per heavy atom. The summed E-state index contributed by atoms with van der Waals surface area (Å²) in [6, 6.07) is 6.76. The molecule has 3 nitrogen and oxygen atoms in total. The number of rotatable bonds is 7. The fourth-order valence-corrected chi connectivity index (χ4v) is 4.73. The number of allylic oxidation sites excluding steroid dienone is 1. The number of carbonyl (C=O) groups excluding carboxylic acids is 1. The Labute approximate surface area is 163 Å². The summed E-state index contributed by atoms with van der Waals surface area (Å²) in [4.78, 5) is 14.6. The smallest absolute Gasteiger partial charge is 0.254 e. The molecule has 0 saturated heterocycles. The first-order valence-electron chi connectivity index (χ1n) is 10.6. The average Bonchev–Trinajstić information content (AvgIpc) is 3.28. The fraction of sp³-hybridized carbons (Fsp3) is 0.542. The molecule has 0 spiro atoms. The largest absolute Gasteiger partial charge is 0.493 e. The third-order valence-corrected chi connectivity index (χ3v) is 6.43. The summed E-state index contributed by atoms with van der Waals surface area (Å²) in [5, 5.41) is 0. The van der Waals surface area contributed by atoms with E-state index in [9.17, 15) is 4.79 Å². The van der Waals surface area contributed by atoms with Crippen molar-refractivity contribution in [2.75, 3.05) is 19.7 Å². The van der Waals surface area contributed by atoms with Crippen molar-refractivity contribution in [3.8, 4) is 5.75 Å². The van der Waals surface area contributed by atoms with Gasteiger partial charge in [-0.25, -0.2) is 0 Å². The summed E-state index contributed by atoms with van der Waals surface area (Å²) < 4.78 is 5.65. The van der Waals surface area contributed by atoms with Gasteiger partial charge in [0.15, 0.2) is 0 Å². The van der Waals surface area contributed by atoms with Crippen molar-refractivity contribution in [1.29, 1.82) is 0 Å². The third kappa shape index (κ3) is 3.83. The van der Waals surface area contributed by atoms with Gasteiger partial charge >= 0.3 is 0 Å². The van der Waals surface area contributed by atoms with Crippen molar-refractivity contribution in [3.63, 3.8) is 0 Å². The molecule has 1 amide bonds. The van der Waals surface area contributed by atoms with Crippen molar-refractivity contribution >= 4 is 5.91 Å². The Kier molecular flexibility index (Phi) is 5.38. The van der Waals surface area contributed by atoms with E-state index in [2.05, 4.69) is 43.0 Å². The molecule has 0 aromatic heterocycles. The number of ether oxygens (including phenoxy) is 1. The van der Waals surface area contributed by atoms with E-state index in [0.717, 1.165) is 63.1 Å². The van der Waals surface area contributed by atoms with Gasteiger partial charge in [0.2, 0.25) is 0 Å². The quantitative estimate of drug-likeness (QED) is 0.679. The van der Waals surface area contributed by atoms with Crippen LogP contribution in [-0.4, -0.2) is 30.5 Å². The molecule has 3 heteroatoms. The molecule has 2 heterocycles. The predicted octanol–water partition coefficient (Wildman–Crippen LogP) is 5.02. The first kappa shape index (κ1) is 18.3. The second kappa shape index (κ2) is 7.92. The van der Waals surface area contributed by atoms with Gasteiger partial charge in [-0.05, 0) is 66.7 Å². The Balaban J connectivity index is 1.31. The van der Waals surface area contributed by atoms with Crippen LogP contribution in [0.25, 0.3) is 0 Å². The maximum atomic E-state index is 12.6. The second-order valence-electron chi connectivity index (χ2n) is 8.39. The third-order valence-electron chi connectivity index (χ3n) is 6.43. The van der Waals surface area contributed by atoms with Gasteiger partial charge in [-0.1, -0.05) is 38.1 Å². The van der Waals surface area contributed by atoms with E-state index in [1.807, 2.05) is 6.08 Å². The van der Waals surface area contributed by atoms with Gasteiger partial charge < -0.3 is 9.64 Å². The number of hydrogen-bond donors (Lipinski definition) is 0. The lowest BCUT2D eigenvalue weighted by atomic mass is 9.85. The molecule has 0 fully saturated rings. The zero-order valence-electron chi connectivity index (χ0n) is 16.7. The molecule has 2 unspecified atom stereocenters. The molecule has 27 heavy (non-hydrogen) atoms. The van der Waals surface area contributed by atoms with E-state index in [-0.39, 0.29) is 5.91 Å². The lowest BCUT2D eigenvalue weighted by Crippen LogP contribution is -2.29. The highest BCUT2D eigenvalue weighted by atomic mass is 16.5. The maximum absolute atomic E-state index is 12.6. The van der Waals surface area contributed by atoms with Crippen LogP contribution in [-0.2, 0) is 11.2 Å². The maximum Gasteiger partial charge on any atom is 0.254 e. The SMILES string of the molecule is CCC(CC(C)CCN1CC2=C(C=CCC2)C1=O)c1ccc2c(c1)CCO2. The second-order valence-corrected chi connectivity index (χ2v) is 8.39. The van der Waals surface area contributed by atoms with Gasteiger partial charge in [-0.2, -0.15) is 0 Å². The van der Waals surface area contributed by atoms with Gasteiger partial charge in [-0.3, -0.25) is 4.79 Å². The number of amides is 1. The van der Waals surface area contributed by atoms with Crippen molar-refractivity contribution in [1.82, 2.24) is 4.90 Å². The number of hydrogen-bond acceptors (Lipinski definition) is 2. The number of carbonyl (C=O) groups is 1. The molecule has 1 aromatic carbocycles. The molecular formula is C24H31NO2. The molecule has 2 atom stereocenters. The van der Waals surface area contributed by atoms with E-state index in [4.69, 9.17) is 4.74 Å². The molecular weight excluding hydrogens is 334 g/mol. The summed E-state index contributed by atoms with van der Waals surface area (Å²) in [6.07, 6.45) is 10.8. The van der Waals surface area contributed by atoms with Crippen LogP contribution >= 0.6 is 0 Å². The lowest BCUT2D eigenvalue weighted by molar-refractivity contribution is -0.125. The van der Waals surface area contributed by atoms with E-state index >= 15 is 0 Å². The minimum absolute atomic E-state index is 0.249. The zero-order chi connectivity index (χ0) is 18.8. The molecule has 0 bridgehead atoms. The highest BCUT2D eigenvalue weighted by Gasteiger charge is 2.29. The van der Waals surface area contributed by atoms with E-state index in [0.29, 0.717) is 11.8 Å². The van der Waals surface area contributed by atoms with Crippen LogP contribution in [0.4, 0.5) is 0 Å². The summed E-state index contributed by atoms with van der Waals surface area (Å²) in [7, 11) is 0. The van der Waals surface area contributed by atoms with Gasteiger partial charge in [-0.15, -0.1) is 0 Å². The molecule has 3 aliphatic rings. The monoisotopic (exact) mass is 365 g/mol. The van der Waals surface area contributed by atoms with Crippen molar-refractivity contribution in [3.05, 3.63) is 52.6 Å². The molecule has 144 valence electrons. The van der Waals surface area contributed by atoms with E-state index < -0.39 is 0 Å². The normalized spacial score (nSPS) is 20.5. The van der Waals surface area contributed by atoms with Crippen LogP contribution < -0.4 is 4.74 Å². The summed E-state index contributed by atoms with van der Waals surface area (Å²) in [5.41, 5.74) is 5.14. The Morgan fingerprint density at radius 2 is 2.15 bits per heavy atom. The van der Waals surface area contributed by atoms with Crippen molar-refractivity contribution < 1.29 is 9.53 Å². The average molecular weight is 366 g/mol. The predicted molar refractivity (Wildman–Crippen MR) is 109 cm³/mol. The minimum Gasteiger partial charge on any atom is -0.493 e. The van der Waals surface area contributed by atoms with Crippen molar-refractivity contribution in [2.45, 2.75) is 58.3 Å². The summed E-state index contributed by atoms with van der Waals surface area (Å²) >= 11 is 0. The molecule has 1 aromatic rings. The summed E-state index contributed by atoms with van der Waals surface area (Å²) in [6.45, 7) is 7.19. The van der Waals surface area contributed by atoms with Crippen LogP contribution in [0, 0.1) is 5.92 Å². The van der Waals surface area contributed by atoms with Crippen LogP contribution in [0.1, 0.15) is 63.0 Å².